The Morgan fingerprint density at radius 1 is 1.13 bits per heavy atom. The molecule has 4 rings (SSSR count). The van der Waals surface area contributed by atoms with Gasteiger partial charge < -0.3 is 14.8 Å². The molecule has 9 heteroatoms. The zero-order valence-electron chi connectivity index (χ0n) is 16.4. The topological polar surface area (TPSA) is 99.8 Å². The highest BCUT2D eigenvalue weighted by Crippen LogP contribution is 2.25. The molecule has 9 nitrogen and oxygen atoms in total. The minimum atomic E-state index is -0.470. The van der Waals surface area contributed by atoms with Crippen LogP contribution < -0.4 is 20.5 Å². The first-order valence-electron chi connectivity index (χ1n) is 9.16. The van der Waals surface area contributed by atoms with Crippen molar-refractivity contribution in [2.75, 3.05) is 12.4 Å². The van der Waals surface area contributed by atoms with Crippen molar-refractivity contribution in [3.8, 4) is 17.4 Å². The monoisotopic (exact) mass is 405 g/mol. The second kappa shape index (κ2) is 8.08. The molecule has 0 radical (unpaired) electrons. The molecule has 0 bridgehead atoms. The Hall–Kier alpha value is -4.14. The minimum Gasteiger partial charge on any atom is -0.497 e. The number of rotatable bonds is 6. The molecule has 0 spiro atoms. The average molecular weight is 405 g/mol. The van der Waals surface area contributed by atoms with Crippen molar-refractivity contribution in [1.82, 2.24) is 19.2 Å². The van der Waals surface area contributed by atoms with E-state index in [0.717, 1.165) is 10.2 Å². The van der Waals surface area contributed by atoms with Crippen LogP contribution in [0.15, 0.2) is 65.7 Å². The Kier molecular flexibility index (Phi) is 5.17. The molecule has 152 valence electrons. The van der Waals surface area contributed by atoms with Gasteiger partial charge >= 0.3 is 5.69 Å². The van der Waals surface area contributed by atoms with Crippen LogP contribution in [0.25, 0.3) is 5.65 Å². The molecule has 4 aromatic rings. The summed E-state index contributed by atoms with van der Waals surface area (Å²) in [5.41, 5.74) is 1.40. The van der Waals surface area contributed by atoms with Crippen LogP contribution in [0, 0.1) is 6.92 Å². The largest absolute Gasteiger partial charge is 0.497 e. The number of nitrogens with zero attached hydrogens (tertiary/aromatic N) is 4. The van der Waals surface area contributed by atoms with E-state index in [-0.39, 0.29) is 24.0 Å². The van der Waals surface area contributed by atoms with E-state index in [1.807, 2.05) is 25.1 Å². The summed E-state index contributed by atoms with van der Waals surface area (Å²) in [6.45, 7) is 1.69. The summed E-state index contributed by atoms with van der Waals surface area (Å²) in [6.07, 6.45) is 2.90. The number of hydrogen-bond donors (Lipinski definition) is 1. The third kappa shape index (κ3) is 4.00. The SMILES string of the molecule is COc1cccc(Oc2nccn3c(=O)n(CC(=O)Nc4cccc(C)c4)nc23)c1. The predicted octanol–water partition coefficient (Wildman–Crippen LogP) is 2.64. The number of methoxy groups -OCH3 is 1. The molecule has 0 atom stereocenters. The molecule has 2 aromatic heterocycles. The molecule has 0 aliphatic carbocycles. The summed E-state index contributed by atoms with van der Waals surface area (Å²) >= 11 is 0. The number of fused-ring (bicyclic) bond motifs is 1. The van der Waals surface area contributed by atoms with Crippen LogP contribution in [0.5, 0.6) is 17.4 Å². The minimum absolute atomic E-state index is 0.140. The molecule has 1 N–H and O–H groups in total. The first kappa shape index (κ1) is 19.2. The van der Waals surface area contributed by atoms with Crippen molar-refractivity contribution in [2.24, 2.45) is 0 Å². The van der Waals surface area contributed by atoms with Crippen molar-refractivity contribution in [3.05, 3.63) is 77.0 Å². The normalized spacial score (nSPS) is 10.7. The quantitative estimate of drug-likeness (QED) is 0.529. The van der Waals surface area contributed by atoms with E-state index in [9.17, 15) is 9.59 Å². The molecule has 0 fully saturated rings. The van der Waals surface area contributed by atoms with Crippen LogP contribution >= 0.6 is 0 Å². The van der Waals surface area contributed by atoms with Gasteiger partial charge in [0.05, 0.1) is 7.11 Å². The number of aryl methyl sites for hydroxylation is 1. The molecule has 30 heavy (non-hydrogen) atoms. The van der Waals surface area contributed by atoms with E-state index in [2.05, 4.69) is 15.4 Å². The van der Waals surface area contributed by atoms with Gasteiger partial charge in [-0.15, -0.1) is 5.10 Å². The highest BCUT2D eigenvalue weighted by Gasteiger charge is 2.16. The van der Waals surface area contributed by atoms with Gasteiger partial charge in [-0.1, -0.05) is 18.2 Å². The van der Waals surface area contributed by atoms with Gasteiger partial charge in [-0.3, -0.25) is 4.79 Å². The van der Waals surface area contributed by atoms with Gasteiger partial charge in [-0.05, 0) is 36.8 Å². The maximum absolute atomic E-state index is 12.7. The lowest BCUT2D eigenvalue weighted by Crippen LogP contribution is -2.28. The fourth-order valence-corrected chi connectivity index (χ4v) is 2.94. The average Bonchev–Trinajstić information content (AvgIpc) is 3.05. The molecule has 2 aromatic carbocycles. The van der Waals surface area contributed by atoms with Gasteiger partial charge in [0, 0.05) is 24.1 Å². The second-order valence-electron chi connectivity index (χ2n) is 6.56. The molecule has 0 saturated heterocycles. The Bertz CT molecular complexity index is 1280. The van der Waals surface area contributed by atoms with Crippen molar-refractivity contribution >= 4 is 17.2 Å². The zero-order valence-corrected chi connectivity index (χ0v) is 16.4. The number of benzene rings is 2. The Morgan fingerprint density at radius 2 is 1.93 bits per heavy atom. The van der Waals surface area contributed by atoms with Gasteiger partial charge in [0.2, 0.25) is 11.6 Å². The fraction of sp³-hybridized carbons (Fsp3) is 0.143. The molecule has 2 heterocycles. The Labute approximate surface area is 171 Å². The van der Waals surface area contributed by atoms with Crippen LogP contribution in [0.1, 0.15) is 5.56 Å². The summed E-state index contributed by atoms with van der Waals surface area (Å²) in [4.78, 5) is 29.2. The lowest BCUT2D eigenvalue weighted by atomic mass is 10.2. The van der Waals surface area contributed by atoms with Crippen LogP contribution in [-0.2, 0) is 11.3 Å². The zero-order chi connectivity index (χ0) is 21.1. The highest BCUT2D eigenvalue weighted by atomic mass is 16.5. The van der Waals surface area contributed by atoms with Gasteiger partial charge in [0.15, 0.2) is 0 Å². The number of nitrogens with one attached hydrogen (secondary N) is 1. The molecule has 0 aliphatic heterocycles. The van der Waals surface area contributed by atoms with Gasteiger partial charge in [0.1, 0.15) is 18.0 Å². The molecular weight excluding hydrogens is 386 g/mol. The molecule has 0 saturated carbocycles. The van der Waals surface area contributed by atoms with Crippen LogP contribution in [-0.4, -0.2) is 32.2 Å². The summed E-state index contributed by atoms with van der Waals surface area (Å²) in [6, 6.07) is 14.4. The molecule has 0 aliphatic rings. The third-order valence-electron chi connectivity index (χ3n) is 4.32. The van der Waals surface area contributed by atoms with Gasteiger partial charge in [-0.25, -0.2) is 18.9 Å². The second-order valence-corrected chi connectivity index (χ2v) is 6.56. The van der Waals surface area contributed by atoms with Crippen LogP contribution in [0.4, 0.5) is 5.69 Å². The molecular formula is C21H19N5O4. The van der Waals surface area contributed by atoms with Crippen molar-refractivity contribution in [3.63, 3.8) is 0 Å². The predicted molar refractivity (Wildman–Crippen MR) is 110 cm³/mol. The lowest BCUT2D eigenvalue weighted by Gasteiger charge is -2.06. The molecule has 1 amide bonds. The fourth-order valence-electron chi connectivity index (χ4n) is 2.94. The summed E-state index contributed by atoms with van der Waals surface area (Å²) in [7, 11) is 1.56. The standard InChI is InChI=1S/C21H19N5O4/c1-14-5-3-6-15(11-14)23-18(27)13-26-21(28)25-10-9-22-20(19(25)24-26)30-17-8-4-7-16(12-17)29-2/h3-12H,13H2,1-2H3,(H,23,27). The third-order valence-corrected chi connectivity index (χ3v) is 4.32. The van der Waals surface area contributed by atoms with E-state index >= 15 is 0 Å². The number of hydrogen-bond acceptors (Lipinski definition) is 6. The number of anilines is 1. The van der Waals surface area contributed by atoms with E-state index in [0.29, 0.717) is 17.2 Å². The van der Waals surface area contributed by atoms with Gasteiger partial charge in [0.25, 0.3) is 5.88 Å². The number of aromatic nitrogens is 4. The lowest BCUT2D eigenvalue weighted by molar-refractivity contribution is -0.117. The number of carbonyl (C=O) groups is 1. The number of ether oxygens (including phenoxy) is 2. The van der Waals surface area contributed by atoms with E-state index in [1.165, 1.54) is 16.8 Å². The summed E-state index contributed by atoms with van der Waals surface area (Å²) in [5, 5.41) is 7.00. The highest BCUT2D eigenvalue weighted by molar-refractivity contribution is 5.90. The maximum atomic E-state index is 12.7. The van der Waals surface area contributed by atoms with Crippen LogP contribution in [0.2, 0.25) is 0 Å². The Morgan fingerprint density at radius 3 is 2.73 bits per heavy atom. The molecule has 0 unspecified atom stereocenters. The first-order chi connectivity index (χ1) is 14.5. The summed E-state index contributed by atoms with van der Waals surface area (Å²) < 4.78 is 13.3. The van der Waals surface area contributed by atoms with Crippen molar-refractivity contribution in [1.29, 1.82) is 0 Å². The Balaban J connectivity index is 1.59. The maximum Gasteiger partial charge on any atom is 0.351 e. The van der Waals surface area contributed by atoms with E-state index in [4.69, 9.17) is 9.47 Å². The van der Waals surface area contributed by atoms with Crippen molar-refractivity contribution < 1.29 is 14.3 Å². The van der Waals surface area contributed by atoms with Crippen molar-refractivity contribution in [2.45, 2.75) is 13.5 Å². The summed E-state index contributed by atoms with van der Waals surface area (Å²) in [5.74, 6) is 0.874. The first-order valence-corrected chi connectivity index (χ1v) is 9.16. The van der Waals surface area contributed by atoms with E-state index < -0.39 is 5.69 Å². The number of carbonyl (C=O) groups excluding carboxylic acids is 1. The number of amides is 1. The van der Waals surface area contributed by atoms with E-state index in [1.54, 1.807) is 37.4 Å². The smallest absolute Gasteiger partial charge is 0.351 e. The van der Waals surface area contributed by atoms with Gasteiger partial charge in [-0.2, -0.15) is 0 Å². The van der Waals surface area contributed by atoms with Crippen LogP contribution in [0.3, 0.4) is 0 Å².